The van der Waals surface area contributed by atoms with E-state index in [0.29, 0.717) is 21.7 Å². The number of amides is 4. The number of carbonyl (C=O) groups excluding carboxylic acids is 4. The molecule has 0 saturated carbocycles. The van der Waals surface area contributed by atoms with Gasteiger partial charge in [0.05, 0.1) is 19.1 Å². The minimum absolute atomic E-state index is 0.0920. The summed E-state index contributed by atoms with van der Waals surface area (Å²) in [7, 11) is 0. The van der Waals surface area contributed by atoms with Gasteiger partial charge < -0.3 is 20.7 Å². The summed E-state index contributed by atoms with van der Waals surface area (Å²) < 4.78 is 5.10. The van der Waals surface area contributed by atoms with Crippen LogP contribution in [-0.4, -0.2) is 52.6 Å². The van der Waals surface area contributed by atoms with E-state index < -0.39 is 41.9 Å². The predicted octanol–water partition coefficient (Wildman–Crippen LogP) is 5.27. The largest absolute Gasteiger partial charge is 0.466 e. The van der Waals surface area contributed by atoms with Gasteiger partial charge in [-0.1, -0.05) is 84.4 Å². The summed E-state index contributed by atoms with van der Waals surface area (Å²) in [6, 6.07) is 25.5. The highest BCUT2D eigenvalue weighted by atomic mass is 35.5. The van der Waals surface area contributed by atoms with Gasteiger partial charge in [-0.25, -0.2) is 4.79 Å². The van der Waals surface area contributed by atoms with Crippen molar-refractivity contribution in [2.75, 3.05) is 13.2 Å². The van der Waals surface area contributed by atoms with Crippen LogP contribution in [0.4, 0.5) is 4.79 Å². The standard InChI is InChI=1S/C35H34ClN5O5/c1-3-46-31(43)19-29(24-12-16-28(36)17-13-24)39-30(42)21-40-33(44)35(2,27-14-10-25(11-15-27)32(37)38)41(34(40)45)20-22-8-9-23-6-4-5-7-26(23)18-22/h4-18,29H,3,19-21H2,1-2H3,(H3,37,38)(H,39,42). The number of nitrogens with zero attached hydrogens (tertiary/aromatic N) is 2. The number of benzene rings is 4. The number of ether oxygens (including phenoxy) is 1. The zero-order chi connectivity index (χ0) is 33.0. The molecule has 11 heteroatoms. The maximum absolute atomic E-state index is 14.2. The molecule has 0 spiro atoms. The number of nitrogen functional groups attached to an aromatic ring is 1. The van der Waals surface area contributed by atoms with Crippen LogP contribution in [0.2, 0.25) is 5.02 Å². The van der Waals surface area contributed by atoms with Crippen LogP contribution in [0.1, 0.15) is 48.6 Å². The van der Waals surface area contributed by atoms with E-state index in [1.54, 1.807) is 62.4 Å². The molecule has 0 aromatic heterocycles. The van der Waals surface area contributed by atoms with E-state index >= 15 is 0 Å². The Bertz CT molecular complexity index is 1810. The van der Waals surface area contributed by atoms with Gasteiger partial charge >= 0.3 is 12.0 Å². The molecular formula is C35H34ClN5O5. The first-order valence-electron chi connectivity index (χ1n) is 14.8. The summed E-state index contributed by atoms with van der Waals surface area (Å²) in [6.45, 7) is 3.03. The molecule has 1 saturated heterocycles. The molecule has 4 N–H and O–H groups in total. The lowest BCUT2D eigenvalue weighted by atomic mass is 9.89. The number of esters is 1. The molecule has 1 aliphatic rings. The Balaban J connectivity index is 1.45. The van der Waals surface area contributed by atoms with Crippen LogP contribution in [0.25, 0.3) is 10.8 Å². The molecule has 5 rings (SSSR count). The van der Waals surface area contributed by atoms with E-state index in [4.69, 9.17) is 27.5 Å². The number of nitrogens with one attached hydrogen (secondary N) is 2. The van der Waals surface area contributed by atoms with Crippen molar-refractivity contribution in [2.45, 2.75) is 38.4 Å². The molecule has 4 aromatic rings. The van der Waals surface area contributed by atoms with Gasteiger partial charge in [0.15, 0.2) is 0 Å². The van der Waals surface area contributed by atoms with Crippen LogP contribution in [0, 0.1) is 5.41 Å². The van der Waals surface area contributed by atoms with Crippen LogP contribution in [0.15, 0.2) is 91.0 Å². The van der Waals surface area contributed by atoms with Gasteiger partial charge in [0, 0.05) is 17.1 Å². The van der Waals surface area contributed by atoms with Crippen LogP contribution < -0.4 is 11.1 Å². The maximum Gasteiger partial charge on any atom is 0.328 e. The monoisotopic (exact) mass is 639 g/mol. The molecule has 236 valence electrons. The average molecular weight is 640 g/mol. The van der Waals surface area contributed by atoms with Gasteiger partial charge in [-0.15, -0.1) is 0 Å². The van der Waals surface area contributed by atoms with Crippen molar-refractivity contribution in [3.63, 3.8) is 0 Å². The molecule has 10 nitrogen and oxygen atoms in total. The SMILES string of the molecule is CCOC(=O)CC(NC(=O)CN1C(=O)N(Cc2ccc3ccccc3c2)C(C)(c2ccc(C(=N)N)cc2)C1=O)c1ccc(Cl)cc1. The third kappa shape index (κ3) is 6.57. The van der Waals surface area contributed by atoms with Crippen molar-refractivity contribution >= 4 is 52.0 Å². The highest BCUT2D eigenvalue weighted by Crippen LogP contribution is 2.39. The van der Waals surface area contributed by atoms with Crippen LogP contribution >= 0.6 is 11.6 Å². The number of urea groups is 1. The topological polar surface area (TPSA) is 146 Å². The fourth-order valence-electron chi connectivity index (χ4n) is 5.66. The second-order valence-electron chi connectivity index (χ2n) is 11.2. The lowest BCUT2D eigenvalue weighted by Crippen LogP contribution is -2.44. The summed E-state index contributed by atoms with van der Waals surface area (Å²) in [6.07, 6.45) is -0.155. The Morgan fingerprint density at radius 1 is 0.978 bits per heavy atom. The van der Waals surface area contributed by atoms with E-state index in [1.807, 2.05) is 42.5 Å². The minimum atomic E-state index is -1.47. The number of hydrogen-bond donors (Lipinski definition) is 3. The summed E-state index contributed by atoms with van der Waals surface area (Å²) in [5, 5.41) is 13.1. The molecule has 0 radical (unpaired) electrons. The number of rotatable bonds is 11. The summed E-state index contributed by atoms with van der Waals surface area (Å²) in [5.74, 6) is -1.86. The molecule has 0 aliphatic carbocycles. The van der Waals surface area contributed by atoms with Gasteiger partial charge in [0.2, 0.25) is 5.91 Å². The molecule has 46 heavy (non-hydrogen) atoms. The van der Waals surface area contributed by atoms with Crippen LogP contribution in [-0.2, 0) is 31.2 Å². The maximum atomic E-state index is 14.2. The smallest absolute Gasteiger partial charge is 0.328 e. The fourth-order valence-corrected chi connectivity index (χ4v) is 5.78. The molecule has 2 unspecified atom stereocenters. The molecule has 4 aromatic carbocycles. The van der Waals surface area contributed by atoms with Crippen molar-refractivity contribution in [3.8, 4) is 0 Å². The molecular weight excluding hydrogens is 606 g/mol. The number of nitrogens with two attached hydrogens (primary N) is 1. The number of imide groups is 1. The van der Waals surface area contributed by atoms with E-state index in [2.05, 4.69) is 5.32 Å². The van der Waals surface area contributed by atoms with Gasteiger partial charge in [0.25, 0.3) is 5.91 Å². The molecule has 1 fully saturated rings. The Morgan fingerprint density at radius 2 is 1.65 bits per heavy atom. The van der Waals surface area contributed by atoms with Crippen LogP contribution in [0.5, 0.6) is 0 Å². The van der Waals surface area contributed by atoms with Crippen molar-refractivity contribution in [1.82, 2.24) is 15.1 Å². The van der Waals surface area contributed by atoms with Crippen molar-refractivity contribution < 1.29 is 23.9 Å². The zero-order valence-electron chi connectivity index (χ0n) is 25.5. The Morgan fingerprint density at radius 3 is 2.30 bits per heavy atom. The number of hydrogen-bond acceptors (Lipinski definition) is 6. The van der Waals surface area contributed by atoms with Gasteiger partial charge in [-0.2, -0.15) is 0 Å². The van der Waals surface area contributed by atoms with Gasteiger partial charge in [-0.05, 0) is 59.5 Å². The number of fused-ring (bicyclic) bond motifs is 1. The highest BCUT2D eigenvalue weighted by molar-refractivity contribution is 6.30. The third-order valence-corrected chi connectivity index (χ3v) is 8.41. The molecule has 1 heterocycles. The predicted molar refractivity (Wildman–Crippen MR) is 175 cm³/mol. The van der Waals surface area contributed by atoms with Crippen molar-refractivity contribution in [3.05, 3.63) is 118 Å². The zero-order valence-corrected chi connectivity index (χ0v) is 26.2. The normalized spacial score (nSPS) is 16.8. The first-order valence-corrected chi connectivity index (χ1v) is 15.2. The summed E-state index contributed by atoms with van der Waals surface area (Å²) in [4.78, 5) is 56.5. The van der Waals surface area contributed by atoms with E-state index in [-0.39, 0.29) is 25.4 Å². The number of halogens is 1. The van der Waals surface area contributed by atoms with Gasteiger partial charge in [0.1, 0.15) is 17.9 Å². The van der Waals surface area contributed by atoms with E-state index in [1.165, 1.54) is 4.90 Å². The summed E-state index contributed by atoms with van der Waals surface area (Å²) in [5.41, 5.74) is 6.56. The highest BCUT2D eigenvalue weighted by Gasteiger charge is 2.55. The first-order chi connectivity index (χ1) is 22.0. The molecule has 4 amide bonds. The Hall–Kier alpha value is -5.22. The number of carbonyl (C=O) groups is 4. The van der Waals surface area contributed by atoms with Crippen molar-refractivity contribution in [2.24, 2.45) is 5.73 Å². The second kappa shape index (κ2) is 13.4. The molecule has 1 aliphatic heterocycles. The first kappa shape index (κ1) is 32.2. The van der Waals surface area contributed by atoms with E-state index in [9.17, 15) is 19.2 Å². The second-order valence-corrected chi connectivity index (χ2v) is 11.6. The quantitative estimate of drug-likeness (QED) is 0.0882. The average Bonchev–Trinajstić information content (AvgIpc) is 3.21. The lowest BCUT2D eigenvalue weighted by molar-refractivity contribution is -0.144. The lowest BCUT2D eigenvalue weighted by Gasteiger charge is -2.32. The summed E-state index contributed by atoms with van der Waals surface area (Å²) >= 11 is 6.04. The van der Waals surface area contributed by atoms with Gasteiger partial charge in [-0.3, -0.25) is 24.7 Å². The number of amidine groups is 1. The minimum Gasteiger partial charge on any atom is -0.466 e. The van der Waals surface area contributed by atoms with Crippen molar-refractivity contribution in [1.29, 1.82) is 5.41 Å². The molecule has 2 atom stereocenters. The fraction of sp³-hybridized carbons (Fsp3) is 0.229. The van der Waals surface area contributed by atoms with Crippen LogP contribution in [0.3, 0.4) is 0 Å². The molecule has 0 bridgehead atoms. The Kier molecular flexibility index (Phi) is 9.39. The Labute approximate surface area is 271 Å². The van der Waals surface area contributed by atoms with E-state index in [0.717, 1.165) is 21.2 Å². The third-order valence-electron chi connectivity index (χ3n) is 8.16.